The normalized spacial score (nSPS) is 11.2. The standard InChI is InChI=1S/C15H24N2O2/c1-15(2,3)19-13-8-6-12(7-9-13)11-17-14(18)5-4-10-16/h6-9H,4-5,10-11,16H2,1-3H3,(H,17,18). The van der Waals surface area contributed by atoms with Crippen molar-refractivity contribution in [3.05, 3.63) is 29.8 Å². The summed E-state index contributed by atoms with van der Waals surface area (Å²) < 4.78 is 5.73. The Morgan fingerprint density at radius 1 is 1.26 bits per heavy atom. The predicted molar refractivity (Wildman–Crippen MR) is 77.0 cm³/mol. The Morgan fingerprint density at radius 2 is 1.89 bits per heavy atom. The zero-order chi connectivity index (χ0) is 14.3. The molecule has 19 heavy (non-hydrogen) atoms. The van der Waals surface area contributed by atoms with Gasteiger partial charge in [-0.15, -0.1) is 0 Å². The van der Waals surface area contributed by atoms with Gasteiger partial charge in [-0.1, -0.05) is 12.1 Å². The highest BCUT2D eigenvalue weighted by Crippen LogP contribution is 2.18. The molecule has 0 aromatic heterocycles. The first-order valence-electron chi connectivity index (χ1n) is 6.65. The minimum atomic E-state index is -0.196. The van der Waals surface area contributed by atoms with Gasteiger partial charge in [-0.2, -0.15) is 0 Å². The maximum absolute atomic E-state index is 11.4. The molecule has 1 aromatic carbocycles. The number of nitrogens with one attached hydrogen (secondary N) is 1. The summed E-state index contributed by atoms with van der Waals surface area (Å²) in [6.45, 7) is 7.13. The SMILES string of the molecule is CC(C)(C)Oc1ccc(CNC(=O)CCCN)cc1. The molecule has 0 radical (unpaired) electrons. The van der Waals surface area contributed by atoms with Gasteiger partial charge in [-0.3, -0.25) is 4.79 Å². The lowest BCUT2D eigenvalue weighted by atomic mass is 10.1. The molecular formula is C15H24N2O2. The number of carbonyl (C=O) groups excluding carboxylic acids is 1. The van der Waals surface area contributed by atoms with Crippen molar-refractivity contribution in [1.82, 2.24) is 5.32 Å². The number of hydrogen-bond acceptors (Lipinski definition) is 3. The van der Waals surface area contributed by atoms with Crippen LogP contribution in [-0.2, 0) is 11.3 Å². The van der Waals surface area contributed by atoms with Crippen molar-refractivity contribution >= 4 is 5.91 Å². The molecule has 0 fully saturated rings. The van der Waals surface area contributed by atoms with Gasteiger partial charge in [-0.25, -0.2) is 0 Å². The van der Waals surface area contributed by atoms with E-state index in [0.717, 1.165) is 17.7 Å². The molecule has 4 nitrogen and oxygen atoms in total. The molecule has 0 aliphatic carbocycles. The molecule has 0 aliphatic heterocycles. The van der Waals surface area contributed by atoms with E-state index in [-0.39, 0.29) is 11.5 Å². The van der Waals surface area contributed by atoms with Crippen LogP contribution in [0.15, 0.2) is 24.3 Å². The summed E-state index contributed by atoms with van der Waals surface area (Å²) in [6, 6.07) is 7.77. The Morgan fingerprint density at radius 3 is 2.42 bits per heavy atom. The monoisotopic (exact) mass is 264 g/mol. The van der Waals surface area contributed by atoms with Crippen LogP contribution in [0.2, 0.25) is 0 Å². The Balaban J connectivity index is 2.42. The number of amides is 1. The van der Waals surface area contributed by atoms with Crippen molar-refractivity contribution in [2.45, 2.75) is 45.8 Å². The first kappa shape index (κ1) is 15.5. The van der Waals surface area contributed by atoms with Crippen LogP contribution in [-0.4, -0.2) is 18.1 Å². The third-order valence-corrected chi connectivity index (χ3v) is 2.45. The van der Waals surface area contributed by atoms with Crippen molar-refractivity contribution in [2.75, 3.05) is 6.54 Å². The molecule has 106 valence electrons. The highest BCUT2D eigenvalue weighted by molar-refractivity contribution is 5.75. The Bertz CT molecular complexity index is 394. The van der Waals surface area contributed by atoms with Crippen molar-refractivity contribution in [3.8, 4) is 5.75 Å². The van der Waals surface area contributed by atoms with Crippen LogP contribution in [0.25, 0.3) is 0 Å². The van der Waals surface area contributed by atoms with Gasteiger partial charge in [-0.05, 0) is 51.4 Å². The highest BCUT2D eigenvalue weighted by atomic mass is 16.5. The molecule has 0 bridgehead atoms. The Labute approximate surface area is 115 Å². The van der Waals surface area contributed by atoms with Crippen LogP contribution in [0.5, 0.6) is 5.75 Å². The van der Waals surface area contributed by atoms with Gasteiger partial charge in [0, 0.05) is 13.0 Å². The van der Waals surface area contributed by atoms with Crippen molar-refractivity contribution < 1.29 is 9.53 Å². The molecule has 1 amide bonds. The molecule has 0 unspecified atom stereocenters. The molecule has 0 saturated heterocycles. The van der Waals surface area contributed by atoms with Crippen LogP contribution in [0.1, 0.15) is 39.2 Å². The first-order chi connectivity index (χ1) is 8.90. The predicted octanol–water partition coefficient (Wildman–Crippen LogP) is 2.22. The third-order valence-electron chi connectivity index (χ3n) is 2.45. The molecule has 1 rings (SSSR count). The van der Waals surface area contributed by atoms with E-state index in [0.29, 0.717) is 19.5 Å². The van der Waals surface area contributed by atoms with Gasteiger partial charge in [0.15, 0.2) is 0 Å². The summed E-state index contributed by atoms with van der Waals surface area (Å²) in [4.78, 5) is 11.4. The van der Waals surface area contributed by atoms with Gasteiger partial charge in [0.05, 0.1) is 0 Å². The molecule has 0 aliphatic rings. The summed E-state index contributed by atoms with van der Waals surface area (Å²) in [7, 11) is 0. The molecule has 0 saturated carbocycles. The minimum Gasteiger partial charge on any atom is -0.488 e. The second-order valence-electron chi connectivity index (χ2n) is 5.53. The summed E-state index contributed by atoms with van der Waals surface area (Å²) in [5.41, 5.74) is 6.22. The molecular weight excluding hydrogens is 240 g/mol. The molecule has 0 heterocycles. The van der Waals surface area contributed by atoms with E-state index in [1.807, 2.05) is 45.0 Å². The lowest BCUT2D eigenvalue weighted by molar-refractivity contribution is -0.121. The van der Waals surface area contributed by atoms with Gasteiger partial charge in [0.1, 0.15) is 11.4 Å². The lowest BCUT2D eigenvalue weighted by Gasteiger charge is -2.21. The van der Waals surface area contributed by atoms with Gasteiger partial charge >= 0.3 is 0 Å². The quantitative estimate of drug-likeness (QED) is 0.828. The second-order valence-corrected chi connectivity index (χ2v) is 5.53. The number of carbonyl (C=O) groups is 1. The Hall–Kier alpha value is -1.55. The minimum absolute atomic E-state index is 0.0421. The number of ether oxygens (including phenoxy) is 1. The van der Waals surface area contributed by atoms with Crippen molar-refractivity contribution in [3.63, 3.8) is 0 Å². The maximum Gasteiger partial charge on any atom is 0.220 e. The van der Waals surface area contributed by atoms with E-state index in [1.165, 1.54) is 0 Å². The number of rotatable bonds is 6. The van der Waals surface area contributed by atoms with Crippen LogP contribution >= 0.6 is 0 Å². The average Bonchev–Trinajstić information content (AvgIpc) is 2.33. The molecule has 4 heteroatoms. The summed E-state index contributed by atoms with van der Waals surface area (Å²) >= 11 is 0. The van der Waals surface area contributed by atoms with Crippen molar-refractivity contribution in [1.29, 1.82) is 0 Å². The molecule has 0 atom stereocenters. The van der Waals surface area contributed by atoms with Gasteiger partial charge in [0.25, 0.3) is 0 Å². The third kappa shape index (κ3) is 6.82. The zero-order valence-corrected chi connectivity index (χ0v) is 12.0. The van der Waals surface area contributed by atoms with Crippen LogP contribution in [0, 0.1) is 0 Å². The van der Waals surface area contributed by atoms with Gasteiger partial charge < -0.3 is 15.8 Å². The number of nitrogens with two attached hydrogens (primary N) is 1. The topological polar surface area (TPSA) is 64.3 Å². The summed E-state index contributed by atoms with van der Waals surface area (Å²) in [5, 5.41) is 2.87. The molecule has 1 aromatic rings. The average molecular weight is 264 g/mol. The van der Waals surface area contributed by atoms with Crippen LogP contribution in [0.4, 0.5) is 0 Å². The Kier molecular flexibility index (Phi) is 5.83. The van der Waals surface area contributed by atoms with E-state index in [4.69, 9.17) is 10.5 Å². The number of hydrogen-bond donors (Lipinski definition) is 2. The fourth-order valence-corrected chi connectivity index (χ4v) is 1.58. The highest BCUT2D eigenvalue weighted by Gasteiger charge is 2.11. The largest absolute Gasteiger partial charge is 0.488 e. The molecule has 3 N–H and O–H groups in total. The smallest absolute Gasteiger partial charge is 0.220 e. The van der Waals surface area contributed by atoms with Gasteiger partial charge in [0.2, 0.25) is 5.91 Å². The number of benzene rings is 1. The fourth-order valence-electron chi connectivity index (χ4n) is 1.58. The summed E-state index contributed by atoms with van der Waals surface area (Å²) in [6.07, 6.45) is 1.21. The lowest BCUT2D eigenvalue weighted by Crippen LogP contribution is -2.24. The van der Waals surface area contributed by atoms with E-state index in [9.17, 15) is 4.79 Å². The van der Waals surface area contributed by atoms with E-state index >= 15 is 0 Å². The summed E-state index contributed by atoms with van der Waals surface area (Å²) in [5.74, 6) is 0.881. The van der Waals surface area contributed by atoms with E-state index in [2.05, 4.69) is 5.32 Å². The van der Waals surface area contributed by atoms with Crippen LogP contribution < -0.4 is 15.8 Å². The maximum atomic E-state index is 11.4. The molecule has 0 spiro atoms. The van der Waals surface area contributed by atoms with Crippen molar-refractivity contribution in [2.24, 2.45) is 5.73 Å². The van der Waals surface area contributed by atoms with E-state index in [1.54, 1.807) is 0 Å². The second kappa shape index (κ2) is 7.14. The van der Waals surface area contributed by atoms with Crippen LogP contribution in [0.3, 0.4) is 0 Å². The van der Waals surface area contributed by atoms with E-state index < -0.39 is 0 Å². The first-order valence-corrected chi connectivity index (χ1v) is 6.65. The fraction of sp³-hybridized carbons (Fsp3) is 0.533. The zero-order valence-electron chi connectivity index (χ0n) is 12.0.